The zero-order chi connectivity index (χ0) is 15.5. The van der Waals surface area contributed by atoms with Crippen LogP contribution in [-0.2, 0) is 6.54 Å². The van der Waals surface area contributed by atoms with E-state index in [1.807, 2.05) is 30.3 Å². The summed E-state index contributed by atoms with van der Waals surface area (Å²) in [5.41, 5.74) is 7.78. The van der Waals surface area contributed by atoms with Crippen LogP contribution >= 0.6 is 0 Å². The van der Waals surface area contributed by atoms with Gasteiger partial charge in [-0.3, -0.25) is 0 Å². The summed E-state index contributed by atoms with van der Waals surface area (Å²) in [6.07, 6.45) is 4.06. The Morgan fingerprint density at radius 3 is 2.68 bits per heavy atom. The Hall–Kier alpha value is -2.14. The van der Waals surface area contributed by atoms with Crippen LogP contribution < -0.4 is 16.0 Å². The minimum absolute atomic E-state index is 0.526. The first-order valence-electron chi connectivity index (χ1n) is 7.84. The lowest BCUT2D eigenvalue weighted by atomic mass is 10.2. The Morgan fingerprint density at radius 1 is 1.18 bits per heavy atom. The average molecular weight is 297 g/mol. The van der Waals surface area contributed by atoms with Crippen molar-refractivity contribution >= 4 is 17.3 Å². The van der Waals surface area contributed by atoms with Crippen LogP contribution in [0.2, 0.25) is 0 Å². The fourth-order valence-electron chi connectivity index (χ4n) is 3.13. The van der Waals surface area contributed by atoms with Gasteiger partial charge in [-0.2, -0.15) is 0 Å². The van der Waals surface area contributed by atoms with E-state index in [2.05, 4.69) is 34.0 Å². The molecule has 1 aromatic carbocycles. The molecule has 2 aromatic rings. The summed E-state index contributed by atoms with van der Waals surface area (Å²) in [4.78, 5) is 11.2. The van der Waals surface area contributed by atoms with Crippen LogP contribution in [-0.4, -0.2) is 22.1 Å². The third kappa shape index (κ3) is 3.04. The normalized spacial score (nSPS) is 21.1. The summed E-state index contributed by atoms with van der Waals surface area (Å²) in [6, 6.07) is 11.1. The quantitative estimate of drug-likeness (QED) is 0.908. The predicted octanol–water partition coefficient (Wildman–Crippen LogP) is 3.06. The number of rotatable bonds is 4. The van der Waals surface area contributed by atoms with Crippen molar-refractivity contribution in [3.63, 3.8) is 0 Å². The topological polar surface area (TPSA) is 67.1 Å². The first-order chi connectivity index (χ1) is 10.7. The number of benzene rings is 1. The van der Waals surface area contributed by atoms with E-state index in [4.69, 9.17) is 5.73 Å². The van der Waals surface area contributed by atoms with Crippen LogP contribution in [0.15, 0.2) is 36.7 Å². The van der Waals surface area contributed by atoms with Gasteiger partial charge in [0.1, 0.15) is 18.0 Å². The van der Waals surface area contributed by atoms with Gasteiger partial charge in [-0.05, 0) is 44.4 Å². The van der Waals surface area contributed by atoms with Crippen molar-refractivity contribution in [3.05, 3.63) is 42.2 Å². The number of nitrogens with zero attached hydrogens (tertiary/aromatic N) is 3. The molecule has 0 aliphatic carbocycles. The molecular formula is C17H23N5. The van der Waals surface area contributed by atoms with Gasteiger partial charge in [0.15, 0.2) is 0 Å². The molecular weight excluding hydrogens is 274 g/mol. The van der Waals surface area contributed by atoms with Crippen molar-refractivity contribution in [1.29, 1.82) is 0 Å². The van der Waals surface area contributed by atoms with Crippen molar-refractivity contribution in [2.75, 3.05) is 10.2 Å². The van der Waals surface area contributed by atoms with Crippen LogP contribution in [0.1, 0.15) is 32.3 Å². The monoisotopic (exact) mass is 297 g/mol. The number of nitrogens with two attached hydrogens (primary N) is 1. The van der Waals surface area contributed by atoms with Crippen molar-refractivity contribution < 1.29 is 0 Å². The predicted molar refractivity (Wildman–Crippen MR) is 90.3 cm³/mol. The summed E-state index contributed by atoms with van der Waals surface area (Å²) in [7, 11) is 0. The number of hydrogen-bond donors (Lipinski definition) is 2. The lowest BCUT2D eigenvalue weighted by molar-refractivity contribution is 0.682. The van der Waals surface area contributed by atoms with Gasteiger partial charge in [0.05, 0.1) is 0 Å². The smallest absolute Gasteiger partial charge is 0.135 e. The van der Waals surface area contributed by atoms with E-state index in [0.717, 1.165) is 22.9 Å². The minimum Gasteiger partial charge on any atom is -0.351 e. The summed E-state index contributed by atoms with van der Waals surface area (Å²) >= 11 is 0. The molecule has 3 N–H and O–H groups in total. The van der Waals surface area contributed by atoms with Gasteiger partial charge in [-0.1, -0.05) is 12.1 Å². The van der Waals surface area contributed by atoms with Gasteiger partial charge < -0.3 is 16.0 Å². The second-order valence-electron chi connectivity index (χ2n) is 5.97. The highest BCUT2D eigenvalue weighted by Gasteiger charge is 2.28. The second kappa shape index (κ2) is 6.32. The number of aromatic nitrogens is 2. The molecule has 3 rings (SSSR count). The summed E-state index contributed by atoms with van der Waals surface area (Å²) in [5, 5.41) is 3.34. The van der Waals surface area contributed by atoms with Crippen LogP contribution in [0.5, 0.6) is 0 Å². The molecule has 0 radical (unpaired) electrons. The van der Waals surface area contributed by atoms with E-state index in [0.29, 0.717) is 18.6 Å². The lowest BCUT2D eigenvalue weighted by Gasteiger charge is -2.27. The van der Waals surface area contributed by atoms with Gasteiger partial charge in [-0.15, -0.1) is 0 Å². The van der Waals surface area contributed by atoms with Crippen molar-refractivity contribution in [2.45, 2.75) is 45.3 Å². The van der Waals surface area contributed by atoms with Crippen molar-refractivity contribution in [2.24, 2.45) is 5.73 Å². The molecule has 5 nitrogen and oxygen atoms in total. The van der Waals surface area contributed by atoms with E-state index < -0.39 is 0 Å². The zero-order valence-corrected chi connectivity index (χ0v) is 13.2. The molecule has 1 aromatic heterocycles. The van der Waals surface area contributed by atoms with Gasteiger partial charge in [0, 0.05) is 30.4 Å². The van der Waals surface area contributed by atoms with Crippen LogP contribution in [0.4, 0.5) is 17.3 Å². The Morgan fingerprint density at radius 2 is 1.95 bits per heavy atom. The Bertz CT molecular complexity index is 632. The van der Waals surface area contributed by atoms with E-state index in [9.17, 15) is 0 Å². The maximum absolute atomic E-state index is 5.69. The summed E-state index contributed by atoms with van der Waals surface area (Å²) in [6.45, 7) is 5.04. The number of nitrogens with one attached hydrogen (secondary N) is 1. The third-order valence-corrected chi connectivity index (χ3v) is 4.30. The average Bonchev–Trinajstić information content (AvgIpc) is 2.87. The standard InChI is InChI=1S/C17H23N5/c1-12-6-7-13(2)22(12)17-9-16(19-11-20-17)21-15-5-3-4-14(8-15)10-18/h3-5,8-9,11-13H,6-7,10,18H2,1-2H3,(H,19,20,21). The zero-order valence-electron chi connectivity index (χ0n) is 13.2. The second-order valence-corrected chi connectivity index (χ2v) is 5.97. The van der Waals surface area contributed by atoms with Crippen LogP contribution in [0.25, 0.3) is 0 Å². The summed E-state index contributed by atoms with van der Waals surface area (Å²) < 4.78 is 0. The molecule has 2 atom stereocenters. The first kappa shape index (κ1) is 14.8. The van der Waals surface area contributed by atoms with Gasteiger partial charge >= 0.3 is 0 Å². The summed E-state index contributed by atoms with van der Waals surface area (Å²) in [5.74, 6) is 1.80. The maximum atomic E-state index is 5.69. The molecule has 2 heterocycles. The van der Waals surface area contributed by atoms with Crippen molar-refractivity contribution in [3.8, 4) is 0 Å². The lowest BCUT2D eigenvalue weighted by Crippen LogP contribution is -2.33. The number of hydrogen-bond acceptors (Lipinski definition) is 5. The molecule has 0 spiro atoms. The van der Waals surface area contributed by atoms with Crippen molar-refractivity contribution in [1.82, 2.24) is 9.97 Å². The van der Waals surface area contributed by atoms with E-state index >= 15 is 0 Å². The Labute approximate surface area is 131 Å². The van der Waals surface area contributed by atoms with E-state index in [-0.39, 0.29) is 0 Å². The molecule has 0 bridgehead atoms. The minimum atomic E-state index is 0.526. The molecule has 1 aliphatic rings. The molecule has 1 saturated heterocycles. The highest BCUT2D eigenvalue weighted by Crippen LogP contribution is 2.29. The van der Waals surface area contributed by atoms with Gasteiger partial charge in [0.2, 0.25) is 0 Å². The molecule has 1 fully saturated rings. The Kier molecular flexibility index (Phi) is 4.24. The molecule has 2 unspecified atom stereocenters. The number of anilines is 3. The van der Waals surface area contributed by atoms with Gasteiger partial charge in [0.25, 0.3) is 0 Å². The van der Waals surface area contributed by atoms with Gasteiger partial charge in [-0.25, -0.2) is 9.97 Å². The largest absolute Gasteiger partial charge is 0.351 e. The molecule has 22 heavy (non-hydrogen) atoms. The highest BCUT2D eigenvalue weighted by molar-refractivity contribution is 5.60. The molecule has 0 saturated carbocycles. The maximum Gasteiger partial charge on any atom is 0.135 e. The molecule has 116 valence electrons. The molecule has 1 aliphatic heterocycles. The Balaban J connectivity index is 1.82. The highest BCUT2D eigenvalue weighted by atomic mass is 15.3. The molecule has 0 amide bonds. The fraction of sp³-hybridized carbons (Fsp3) is 0.412. The fourth-order valence-corrected chi connectivity index (χ4v) is 3.13. The van der Waals surface area contributed by atoms with E-state index in [1.54, 1.807) is 6.33 Å². The van der Waals surface area contributed by atoms with Crippen LogP contribution in [0.3, 0.4) is 0 Å². The first-order valence-corrected chi connectivity index (χ1v) is 7.84. The molecule has 5 heteroatoms. The van der Waals surface area contributed by atoms with Crippen LogP contribution in [0, 0.1) is 0 Å². The SMILES string of the molecule is CC1CCC(C)N1c1cc(Nc2cccc(CN)c2)ncn1. The third-order valence-electron chi connectivity index (χ3n) is 4.30. The van der Waals surface area contributed by atoms with E-state index in [1.165, 1.54) is 12.8 Å².